The van der Waals surface area contributed by atoms with E-state index in [1.165, 1.54) is 0 Å². The summed E-state index contributed by atoms with van der Waals surface area (Å²) < 4.78 is 7.46. The van der Waals surface area contributed by atoms with Crippen LogP contribution in [0, 0.1) is 18.3 Å². The molecule has 1 aliphatic rings. The van der Waals surface area contributed by atoms with E-state index in [2.05, 4.69) is 16.2 Å². The Morgan fingerprint density at radius 3 is 2.85 bits per heavy atom. The summed E-state index contributed by atoms with van der Waals surface area (Å²) in [6, 6.07) is 13.2. The highest BCUT2D eigenvalue weighted by atomic mass is 35.5. The van der Waals surface area contributed by atoms with Crippen molar-refractivity contribution in [3.8, 4) is 17.6 Å². The van der Waals surface area contributed by atoms with Gasteiger partial charge in [0, 0.05) is 17.4 Å². The zero-order valence-electron chi connectivity index (χ0n) is 13.8. The molecule has 0 amide bonds. The van der Waals surface area contributed by atoms with Gasteiger partial charge in [0.2, 0.25) is 11.8 Å². The van der Waals surface area contributed by atoms with E-state index in [9.17, 15) is 5.26 Å². The first-order valence-electron chi connectivity index (χ1n) is 7.93. The summed E-state index contributed by atoms with van der Waals surface area (Å²) in [4.78, 5) is 4.17. The van der Waals surface area contributed by atoms with Crippen LogP contribution in [0.15, 0.2) is 60.2 Å². The Morgan fingerprint density at radius 2 is 2.15 bits per heavy atom. The SMILES string of the molecule is Cc1nn(-c2cccc(Cl)c2)c2c1[C@H](c1cccnc1)C(C#N)=C(N)O2. The van der Waals surface area contributed by atoms with Crippen molar-refractivity contribution in [2.24, 2.45) is 5.73 Å². The summed E-state index contributed by atoms with van der Waals surface area (Å²) in [5.41, 5.74) is 9.55. The molecular formula is C19H14ClN5O. The van der Waals surface area contributed by atoms with Gasteiger partial charge < -0.3 is 10.5 Å². The number of halogens is 1. The predicted octanol–water partition coefficient (Wildman–Crippen LogP) is 3.45. The van der Waals surface area contributed by atoms with Gasteiger partial charge in [0.25, 0.3) is 0 Å². The second-order valence-corrected chi connectivity index (χ2v) is 6.34. The number of pyridine rings is 1. The lowest BCUT2D eigenvalue weighted by atomic mass is 9.85. The molecule has 1 aliphatic heterocycles. The molecule has 0 spiro atoms. The summed E-state index contributed by atoms with van der Waals surface area (Å²) >= 11 is 6.12. The van der Waals surface area contributed by atoms with E-state index in [1.54, 1.807) is 29.2 Å². The number of benzene rings is 1. The van der Waals surface area contributed by atoms with Crippen LogP contribution in [0.2, 0.25) is 5.02 Å². The second-order valence-electron chi connectivity index (χ2n) is 5.91. The molecule has 2 aromatic heterocycles. The number of nitriles is 1. The van der Waals surface area contributed by atoms with Crippen LogP contribution in [0.5, 0.6) is 5.88 Å². The topological polar surface area (TPSA) is 89.8 Å². The fourth-order valence-electron chi connectivity index (χ4n) is 3.18. The zero-order chi connectivity index (χ0) is 18.3. The summed E-state index contributed by atoms with van der Waals surface area (Å²) in [7, 11) is 0. The van der Waals surface area contributed by atoms with Crippen molar-refractivity contribution in [1.29, 1.82) is 5.26 Å². The van der Waals surface area contributed by atoms with Crippen LogP contribution in [0.25, 0.3) is 5.69 Å². The van der Waals surface area contributed by atoms with E-state index in [1.807, 2.05) is 31.2 Å². The Balaban J connectivity index is 1.96. The highest BCUT2D eigenvalue weighted by Gasteiger charge is 2.36. The number of nitrogens with two attached hydrogens (primary N) is 1. The van der Waals surface area contributed by atoms with Crippen molar-refractivity contribution in [2.45, 2.75) is 12.8 Å². The zero-order valence-corrected chi connectivity index (χ0v) is 14.6. The fraction of sp³-hybridized carbons (Fsp3) is 0.105. The third-order valence-corrected chi connectivity index (χ3v) is 4.54. The Labute approximate surface area is 155 Å². The van der Waals surface area contributed by atoms with E-state index in [-0.39, 0.29) is 11.8 Å². The number of aryl methyl sites for hydroxylation is 1. The standard InChI is InChI=1S/C19H14ClN5O/c1-11-16-17(12-4-3-7-23-10-12)15(9-21)18(22)26-19(16)25(24-11)14-6-2-5-13(20)8-14/h2-8,10,17H,22H2,1H3/t17-/m1/s1. The van der Waals surface area contributed by atoms with Gasteiger partial charge in [0.15, 0.2) is 0 Å². The molecule has 2 N–H and O–H groups in total. The number of ether oxygens (including phenoxy) is 1. The third-order valence-electron chi connectivity index (χ3n) is 4.30. The minimum atomic E-state index is -0.384. The minimum absolute atomic E-state index is 0.0667. The van der Waals surface area contributed by atoms with E-state index in [0.717, 1.165) is 22.5 Å². The van der Waals surface area contributed by atoms with Gasteiger partial charge in [0.05, 0.1) is 22.9 Å². The molecule has 0 fully saturated rings. The molecule has 6 nitrogen and oxygen atoms in total. The first-order valence-corrected chi connectivity index (χ1v) is 8.31. The number of rotatable bonds is 2. The molecule has 7 heteroatoms. The van der Waals surface area contributed by atoms with Crippen LogP contribution >= 0.6 is 11.6 Å². The number of nitrogens with zero attached hydrogens (tertiary/aromatic N) is 4. The average Bonchev–Trinajstić information content (AvgIpc) is 2.97. The maximum absolute atomic E-state index is 9.64. The lowest BCUT2D eigenvalue weighted by Crippen LogP contribution is -2.22. The third kappa shape index (κ3) is 2.50. The van der Waals surface area contributed by atoms with Crippen LogP contribution in [-0.4, -0.2) is 14.8 Å². The van der Waals surface area contributed by atoms with Gasteiger partial charge in [0.1, 0.15) is 11.6 Å². The predicted molar refractivity (Wildman–Crippen MR) is 96.8 cm³/mol. The maximum Gasteiger partial charge on any atom is 0.229 e. The highest BCUT2D eigenvalue weighted by molar-refractivity contribution is 6.30. The van der Waals surface area contributed by atoms with Gasteiger partial charge in [-0.1, -0.05) is 23.7 Å². The molecule has 0 saturated carbocycles. The Bertz CT molecular complexity index is 1070. The second kappa shape index (κ2) is 6.21. The van der Waals surface area contributed by atoms with E-state index in [4.69, 9.17) is 22.1 Å². The number of allylic oxidation sites excluding steroid dienone is 1. The molecule has 26 heavy (non-hydrogen) atoms. The Morgan fingerprint density at radius 1 is 1.31 bits per heavy atom. The van der Waals surface area contributed by atoms with Gasteiger partial charge in [-0.25, -0.2) is 4.68 Å². The quantitative estimate of drug-likeness (QED) is 0.753. The molecule has 0 bridgehead atoms. The molecule has 1 atom stereocenters. The molecule has 1 aromatic carbocycles. The average molecular weight is 364 g/mol. The smallest absolute Gasteiger partial charge is 0.229 e. The van der Waals surface area contributed by atoms with Crippen molar-refractivity contribution in [2.75, 3.05) is 0 Å². The molecule has 0 aliphatic carbocycles. The van der Waals surface area contributed by atoms with Crippen LogP contribution in [0.4, 0.5) is 0 Å². The number of hydrogen-bond donors (Lipinski definition) is 1. The largest absolute Gasteiger partial charge is 0.422 e. The molecule has 128 valence electrons. The molecule has 0 saturated heterocycles. The van der Waals surface area contributed by atoms with Crippen molar-refractivity contribution in [1.82, 2.24) is 14.8 Å². The van der Waals surface area contributed by atoms with Crippen LogP contribution in [0.1, 0.15) is 22.7 Å². The van der Waals surface area contributed by atoms with Crippen LogP contribution < -0.4 is 10.5 Å². The molecule has 0 radical (unpaired) electrons. The molecule has 4 rings (SSSR count). The lowest BCUT2D eigenvalue weighted by molar-refractivity contribution is 0.367. The Kier molecular flexibility index (Phi) is 3.86. The molecule has 3 aromatic rings. The lowest BCUT2D eigenvalue weighted by Gasteiger charge is -2.24. The van der Waals surface area contributed by atoms with E-state index >= 15 is 0 Å². The van der Waals surface area contributed by atoms with Gasteiger partial charge in [-0.2, -0.15) is 10.4 Å². The van der Waals surface area contributed by atoms with Gasteiger partial charge >= 0.3 is 0 Å². The summed E-state index contributed by atoms with van der Waals surface area (Å²) in [6.07, 6.45) is 3.41. The first kappa shape index (κ1) is 16.2. The van der Waals surface area contributed by atoms with Crippen LogP contribution in [-0.2, 0) is 0 Å². The van der Waals surface area contributed by atoms with Crippen molar-refractivity contribution in [3.05, 3.63) is 82.1 Å². The Hall–Kier alpha value is -3.30. The van der Waals surface area contributed by atoms with Crippen LogP contribution in [0.3, 0.4) is 0 Å². The van der Waals surface area contributed by atoms with Crippen molar-refractivity contribution < 1.29 is 4.74 Å². The number of aromatic nitrogens is 3. The summed E-state index contributed by atoms with van der Waals surface area (Å²) in [5, 5.41) is 14.8. The molecular weight excluding hydrogens is 350 g/mol. The highest BCUT2D eigenvalue weighted by Crippen LogP contribution is 2.44. The molecule has 3 heterocycles. The number of fused-ring (bicyclic) bond motifs is 1. The van der Waals surface area contributed by atoms with Gasteiger partial charge in [-0.15, -0.1) is 0 Å². The van der Waals surface area contributed by atoms with Crippen molar-refractivity contribution >= 4 is 11.6 Å². The van der Waals surface area contributed by atoms with E-state index in [0.29, 0.717) is 16.5 Å². The van der Waals surface area contributed by atoms with Gasteiger partial charge in [-0.3, -0.25) is 4.98 Å². The molecule has 0 unspecified atom stereocenters. The monoisotopic (exact) mass is 363 g/mol. The summed E-state index contributed by atoms with van der Waals surface area (Å²) in [6.45, 7) is 1.88. The summed E-state index contributed by atoms with van der Waals surface area (Å²) in [5.74, 6) is 0.164. The fourth-order valence-corrected chi connectivity index (χ4v) is 3.36. The van der Waals surface area contributed by atoms with E-state index < -0.39 is 0 Å². The normalized spacial score (nSPS) is 16.0. The first-order chi connectivity index (χ1) is 12.6. The number of hydrogen-bond acceptors (Lipinski definition) is 5. The minimum Gasteiger partial charge on any atom is -0.422 e. The maximum atomic E-state index is 9.64. The van der Waals surface area contributed by atoms with Gasteiger partial charge in [-0.05, 0) is 36.8 Å². The van der Waals surface area contributed by atoms with Crippen molar-refractivity contribution in [3.63, 3.8) is 0 Å².